The number of hydrogen-bond donors (Lipinski definition) is 2. The second kappa shape index (κ2) is 9.97. The number of aromatic nitrogens is 3. The van der Waals surface area contributed by atoms with Gasteiger partial charge in [-0.15, -0.1) is 0 Å². The third-order valence-electron chi connectivity index (χ3n) is 6.21. The zero-order valence-corrected chi connectivity index (χ0v) is 19.5. The molecule has 1 aliphatic heterocycles. The molecule has 3 heterocycles. The van der Waals surface area contributed by atoms with Crippen LogP contribution in [0.1, 0.15) is 26.8 Å². The zero-order chi connectivity index (χ0) is 24.2. The molecule has 0 aliphatic carbocycles. The van der Waals surface area contributed by atoms with Crippen molar-refractivity contribution in [1.82, 2.24) is 20.3 Å². The maximum absolute atomic E-state index is 12.3. The number of carbonyl (C=O) groups is 1. The average molecular weight is 474 g/mol. The number of carbonyl (C=O) groups excluding carboxylic acids is 1. The molecule has 1 saturated heterocycles. The first kappa shape index (κ1) is 22.6. The Bertz CT molecular complexity index is 1350. The van der Waals surface area contributed by atoms with E-state index in [4.69, 9.17) is 14.7 Å². The number of aromatic hydroxyl groups is 1. The van der Waals surface area contributed by atoms with E-state index in [9.17, 15) is 9.90 Å². The molecule has 0 atom stereocenters. The van der Waals surface area contributed by atoms with Crippen LogP contribution in [0.3, 0.4) is 0 Å². The Hall–Kier alpha value is -4.20. The minimum absolute atomic E-state index is 0. The molecule has 2 N–H and O–H groups in total. The van der Waals surface area contributed by atoms with Crippen LogP contribution in [0.4, 0.5) is 10.6 Å². The van der Waals surface area contributed by atoms with E-state index in [1.54, 1.807) is 24.5 Å². The molecule has 2 aromatic heterocycles. The third kappa shape index (κ3) is 5.16. The number of amides is 1. The minimum Gasteiger partial charge on any atom is -0.507 e. The molecular weight excluding hydrogens is 442 g/mol. The number of benzene rings is 2. The fraction of sp³-hybridized carbons (Fsp3) is 0.259. The number of phenols is 1. The topological polar surface area (TPSA) is 100 Å². The highest BCUT2D eigenvalue weighted by molar-refractivity contribution is 5.92. The van der Waals surface area contributed by atoms with E-state index in [0.717, 1.165) is 53.8 Å². The molecule has 8 heteroatoms. The highest BCUT2D eigenvalue weighted by atomic mass is 16.5. The molecule has 2 aromatic carbocycles. The zero-order valence-electron chi connectivity index (χ0n) is 19.5. The number of alkyl carbamates (subject to hydrolysis) is 1. The molecule has 1 amide bonds. The van der Waals surface area contributed by atoms with Crippen molar-refractivity contribution < 1.29 is 17.5 Å². The first-order valence-corrected chi connectivity index (χ1v) is 11.7. The molecule has 35 heavy (non-hydrogen) atoms. The number of pyridine rings is 1. The summed E-state index contributed by atoms with van der Waals surface area (Å²) >= 11 is 0. The summed E-state index contributed by atoms with van der Waals surface area (Å²) in [6.07, 6.45) is 4.48. The van der Waals surface area contributed by atoms with Gasteiger partial charge in [-0.05, 0) is 67.3 Å². The average Bonchev–Trinajstić information content (AvgIpc) is 2.88. The molecule has 0 spiro atoms. The summed E-state index contributed by atoms with van der Waals surface area (Å²) < 4.78 is 5.35. The van der Waals surface area contributed by atoms with Crippen molar-refractivity contribution >= 4 is 22.8 Å². The molecular formula is C27H31N5O3. The number of rotatable bonds is 5. The van der Waals surface area contributed by atoms with Gasteiger partial charge in [0.2, 0.25) is 0 Å². The van der Waals surface area contributed by atoms with Crippen LogP contribution in [0.15, 0.2) is 67.0 Å². The first-order valence-electron chi connectivity index (χ1n) is 11.7. The number of phenolic OH excluding ortho intramolecular Hbond substituents is 1. The normalized spacial score (nSPS) is 14.1. The summed E-state index contributed by atoms with van der Waals surface area (Å²) in [6.45, 7) is 3.71. The summed E-state index contributed by atoms with van der Waals surface area (Å²) in [5.41, 5.74) is 3.45. The lowest BCUT2D eigenvalue weighted by molar-refractivity contribution is 0.134. The molecule has 0 bridgehead atoms. The van der Waals surface area contributed by atoms with E-state index >= 15 is 0 Å². The van der Waals surface area contributed by atoms with Gasteiger partial charge in [0, 0.05) is 39.8 Å². The van der Waals surface area contributed by atoms with Gasteiger partial charge in [0.25, 0.3) is 0 Å². The van der Waals surface area contributed by atoms with Gasteiger partial charge in [0.1, 0.15) is 18.2 Å². The number of aryl methyl sites for hydroxylation is 1. The Morgan fingerprint density at radius 2 is 1.89 bits per heavy atom. The minimum atomic E-state index is -0.412. The summed E-state index contributed by atoms with van der Waals surface area (Å²) in [4.78, 5) is 28.1. The highest BCUT2D eigenvalue weighted by Crippen LogP contribution is 2.33. The predicted octanol–water partition coefficient (Wildman–Crippen LogP) is 5.09. The fourth-order valence-electron chi connectivity index (χ4n) is 4.32. The first-order chi connectivity index (χ1) is 17.1. The summed E-state index contributed by atoms with van der Waals surface area (Å²) in [5, 5.41) is 14.3. The summed E-state index contributed by atoms with van der Waals surface area (Å²) in [7, 11) is 0. The Labute approximate surface area is 206 Å². The van der Waals surface area contributed by atoms with Gasteiger partial charge < -0.3 is 20.1 Å². The van der Waals surface area contributed by atoms with Crippen LogP contribution in [0, 0.1) is 6.92 Å². The Balaban J connectivity index is 0.00000190. The van der Waals surface area contributed by atoms with Gasteiger partial charge in [0.15, 0.2) is 5.82 Å². The van der Waals surface area contributed by atoms with Crippen molar-refractivity contribution in [2.75, 3.05) is 18.0 Å². The van der Waals surface area contributed by atoms with E-state index in [2.05, 4.69) is 27.3 Å². The number of nitrogens with one attached hydrogen (secondary N) is 1. The van der Waals surface area contributed by atoms with Crippen LogP contribution in [0.2, 0.25) is 0 Å². The molecule has 0 unspecified atom stereocenters. The standard InChI is InChI=1S/C27H27N5O3.2H2/c1-18-6-7-21-23(16-18)30-25(22-4-2-3-5-24(22)33)31-26(21)32-14-10-20(11-15-32)29-27(34)35-17-19-8-12-28-13-9-19;;/h2-9,12-13,16,20,33H,10-11,14-15,17H2,1H3,(H,29,34);2*1H. The van der Waals surface area contributed by atoms with Gasteiger partial charge in [0.05, 0.1) is 11.1 Å². The van der Waals surface area contributed by atoms with Crippen molar-refractivity contribution in [3.63, 3.8) is 0 Å². The highest BCUT2D eigenvalue weighted by Gasteiger charge is 2.24. The van der Waals surface area contributed by atoms with Crippen molar-refractivity contribution in [2.45, 2.75) is 32.4 Å². The fourth-order valence-corrected chi connectivity index (χ4v) is 4.32. The number of anilines is 1. The summed E-state index contributed by atoms with van der Waals surface area (Å²) in [6, 6.07) is 16.9. The molecule has 0 saturated carbocycles. The van der Waals surface area contributed by atoms with Gasteiger partial charge >= 0.3 is 6.09 Å². The lowest BCUT2D eigenvalue weighted by Gasteiger charge is -2.33. The van der Waals surface area contributed by atoms with Crippen LogP contribution >= 0.6 is 0 Å². The predicted molar refractivity (Wildman–Crippen MR) is 138 cm³/mol. The number of ether oxygens (including phenoxy) is 1. The largest absolute Gasteiger partial charge is 0.507 e. The lowest BCUT2D eigenvalue weighted by Crippen LogP contribution is -2.45. The van der Waals surface area contributed by atoms with Gasteiger partial charge in [-0.1, -0.05) is 18.2 Å². The van der Waals surface area contributed by atoms with E-state index in [-0.39, 0.29) is 21.3 Å². The summed E-state index contributed by atoms with van der Waals surface area (Å²) in [5.74, 6) is 1.49. The van der Waals surface area contributed by atoms with Crippen molar-refractivity contribution in [2.24, 2.45) is 0 Å². The monoisotopic (exact) mass is 473 g/mol. The van der Waals surface area contributed by atoms with Crippen LogP contribution < -0.4 is 10.2 Å². The molecule has 182 valence electrons. The van der Waals surface area contributed by atoms with Gasteiger partial charge in [-0.25, -0.2) is 14.8 Å². The van der Waals surface area contributed by atoms with Crippen molar-refractivity contribution in [3.8, 4) is 17.1 Å². The third-order valence-corrected chi connectivity index (χ3v) is 6.21. The molecule has 1 fully saturated rings. The van der Waals surface area contributed by atoms with Crippen molar-refractivity contribution in [3.05, 3.63) is 78.1 Å². The number of nitrogens with zero attached hydrogens (tertiary/aromatic N) is 4. The maximum Gasteiger partial charge on any atom is 0.407 e. The second-order valence-electron chi connectivity index (χ2n) is 8.75. The number of fused-ring (bicyclic) bond motifs is 1. The Kier molecular flexibility index (Phi) is 6.43. The molecule has 0 radical (unpaired) electrons. The number of hydrogen-bond acceptors (Lipinski definition) is 7. The van der Waals surface area contributed by atoms with Crippen LogP contribution in [-0.4, -0.2) is 45.3 Å². The molecule has 1 aliphatic rings. The Morgan fingerprint density at radius 3 is 2.66 bits per heavy atom. The second-order valence-corrected chi connectivity index (χ2v) is 8.75. The van der Waals surface area contributed by atoms with Crippen LogP contribution in [0.5, 0.6) is 5.75 Å². The van der Waals surface area contributed by atoms with Gasteiger partial charge in [-0.2, -0.15) is 0 Å². The SMILES string of the molecule is Cc1ccc2c(N3CCC(NC(=O)OCc4ccncc4)CC3)nc(-c3ccccc3O)nc2c1.[HH].[HH]. The van der Waals surface area contributed by atoms with E-state index in [1.165, 1.54) is 0 Å². The van der Waals surface area contributed by atoms with E-state index < -0.39 is 6.09 Å². The number of piperidine rings is 1. The van der Waals surface area contributed by atoms with Crippen LogP contribution in [-0.2, 0) is 11.3 Å². The lowest BCUT2D eigenvalue weighted by atomic mass is 10.0. The molecule has 5 rings (SSSR count). The van der Waals surface area contributed by atoms with E-state index in [0.29, 0.717) is 11.4 Å². The smallest absolute Gasteiger partial charge is 0.407 e. The molecule has 4 aromatic rings. The van der Waals surface area contributed by atoms with E-state index in [1.807, 2.05) is 37.3 Å². The number of para-hydroxylation sites is 1. The van der Waals surface area contributed by atoms with Crippen LogP contribution in [0.25, 0.3) is 22.3 Å². The van der Waals surface area contributed by atoms with Gasteiger partial charge in [-0.3, -0.25) is 4.98 Å². The maximum atomic E-state index is 12.3. The quantitative estimate of drug-likeness (QED) is 0.416. The Morgan fingerprint density at radius 1 is 1.11 bits per heavy atom. The molecule has 8 nitrogen and oxygen atoms in total. The van der Waals surface area contributed by atoms with Crippen molar-refractivity contribution in [1.29, 1.82) is 0 Å².